The van der Waals surface area contributed by atoms with Crippen molar-refractivity contribution < 1.29 is 9.59 Å². The maximum absolute atomic E-state index is 10.9. The zero-order valence-corrected chi connectivity index (χ0v) is 8.27. The third kappa shape index (κ3) is 2.95. The average molecular weight is 198 g/mol. The van der Waals surface area contributed by atoms with Crippen LogP contribution >= 0.6 is 11.3 Å². The lowest BCUT2D eigenvalue weighted by molar-refractivity contribution is -0.119. The number of rotatable bonds is 3. The van der Waals surface area contributed by atoms with Crippen LogP contribution in [0.1, 0.15) is 29.3 Å². The van der Waals surface area contributed by atoms with Crippen LogP contribution in [0.5, 0.6) is 0 Å². The second kappa shape index (κ2) is 4.13. The molecule has 0 fully saturated rings. The molecule has 70 valence electrons. The molecule has 5 heteroatoms. The molecule has 0 saturated heterocycles. The zero-order chi connectivity index (χ0) is 9.84. The molecule has 0 aliphatic rings. The molecule has 0 bridgehead atoms. The summed E-state index contributed by atoms with van der Waals surface area (Å²) in [6, 6.07) is 0. The number of nitrogens with zero attached hydrogens (tertiary/aromatic N) is 1. The number of Topliss-reactive ketones (excluding diaryl/α,β-unsaturated/α-hetero) is 1. The molecule has 0 aromatic carbocycles. The number of aromatic nitrogens is 1. The van der Waals surface area contributed by atoms with Crippen LogP contribution in [0.3, 0.4) is 0 Å². The minimum Gasteiger partial charge on any atom is -0.350 e. The molecule has 1 aromatic heterocycles. The molecule has 4 nitrogen and oxygen atoms in total. The quantitative estimate of drug-likeness (QED) is 0.736. The van der Waals surface area contributed by atoms with E-state index in [1.54, 1.807) is 5.38 Å². The smallest absolute Gasteiger partial charge is 0.217 e. The van der Waals surface area contributed by atoms with Crippen LogP contribution in [0.4, 0.5) is 0 Å². The summed E-state index contributed by atoms with van der Waals surface area (Å²) in [7, 11) is 0. The van der Waals surface area contributed by atoms with Gasteiger partial charge in [-0.15, -0.1) is 11.3 Å². The third-order valence-corrected chi connectivity index (χ3v) is 2.25. The van der Waals surface area contributed by atoms with Gasteiger partial charge in [-0.2, -0.15) is 0 Å². The summed E-state index contributed by atoms with van der Waals surface area (Å²) in [5.41, 5.74) is 0.463. The Kier molecular flexibility index (Phi) is 3.13. The summed E-state index contributed by atoms with van der Waals surface area (Å²) in [5, 5.41) is 5.06. The summed E-state index contributed by atoms with van der Waals surface area (Å²) in [6.45, 7) is 3.31. The van der Waals surface area contributed by atoms with E-state index >= 15 is 0 Å². The Morgan fingerprint density at radius 1 is 1.54 bits per heavy atom. The lowest BCUT2D eigenvalue weighted by atomic mass is 10.4. The van der Waals surface area contributed by atoms with Crippen molar-refractivity contribution in [1.29, 1.82) is 0 Å². The van der Waals surface area contributed by atoms with Gasteiger partial charge in [0.1, 0.15) is 10.7 Å². The van der Waals surface area contributed by atoms with Crippen LogP contribution in [-0.2, 0) is 11.3 Å². The first-order valence-electron chi connectivity index (χ1n) is 3.79. The SMILES string of the molecule is CC(=O)NCc1nc(C(C)=O)cs1. The summed E-state index contributed by atoms with van der Waals surface area (Å²) < 4.78 is 0. The van der Waals surface area contributed by atoms with E-state index in [0.717, 1.165) is 5.01 Å². The van der Waals surface area contributed by atoms with Gasteiger partial charge >= 0.3 is 0 Å². The number of carbonyl (C=O) groups excluding carboxylic acids is 2. The molecule has 0 aliphatic carbocycles. The van der Waals surface area contributed by atoms with Crippen LogP contribution in [0.25, 0.3) is 0 Å². The molecule has 1 rings (SSSR count). The van der Waals surface area contributed by atoms with Gasteiger partial charge in [0.15, 0.2) is 5.78 Å². The molecule has 1 heterocycles. The highest BCUT2D eigenvalue weighted by atomic mass is 32.1. The minimum absolute atomic E-state index is 0.0506. The Bertz CT molecular complexity index is 333. The van der Waals surface area contributed by atoms with Gasteiger partial charge in [0, 0.05) is 19.2 Å². The topological polar surface area (TPSA) is 59.1 Å². The highest BCUT2D eigenvalue weighted by Gasteiger charge is 2.05. The first-order valence-corrected chi connectivity index (χ1v) is 4.67. The fraction of sp³-hybridized carbons (Fsp3) is 0.375. The van der Waals surface area contributed by atoms with Crippen molar-refractivity contribution in [2.75, 3.05) is 0 Å². The third-order valence-electron chi connectivity index (χ3n) is 1.40. The maximum atomic E-state index is 10.9. The van der Waals surface area contributed by atoms with Gasteiger partial charge in [0.2, 0.25) is 5.91 Å². The summed E-state index contributed by atoms with van der Waals surface area (Å²) in [6.07, 6.45) is 0. The molecule has 1 amide bonds. The van der Waals surface area contributed by atoms with E-state index in [0.29, 0.717) is 12.2 Å². The van der Waals surface area contributed by atoms with Gasteiger partial charge in [-0.25, -0.2) is 4.98 Å². The normalized spacial score (nSPS) is 9.69. The number of amides is 1. The van der Waals surface area contributed by atoms with Crippen molar-refractivity contribution in [3.05, 3.63) is 16.1 Å². The fourth-order valence-corrected chi connectivity index (χ4v) is 1.53. The highest BCUT2D eigenvalue weighted by molar-refractivity contribution is 7.09. The van der Waals surface area contributed by atoms with E-state index in [1.807, 2.05) is 0 Å². The van der Waals surface area contributed by atoms with Crippen LogP contribution < -0.4 is 5.32 Å². The number of thiazole rings is 1. The number of hydrogen-bond donors (Lipinski definition) is 1. The van der Waals surface area contributed by atoms with E-state index < -0.39 is 0 Å². The molecule has 1 N–H and O–H groups in total. The highest BCUT2D eigenvalue weighted by Crippen LogP contribution is 2.09. The molecule has 0 atom stereocenters. The molecule has 0 spiro atoms. The van der Waals surface area contributed by atoms with Gasteiger partial charge < -0.3 is 5.32 Å². The lowest BCUT2D eigenvalue weighted by Gasteiger charge is -1.95. The molecule has 1 aromatic rings. The largest absolute Gasteiger partial charge is 0.350 e. The first kappa shape index (κ1) is 9.85. The van der Waals surface area contributed by atoms with Gasteiger partial charge in [-0.3, -0.25) is 9.59 Å². The van der Waals surface area contributed by atoms with Gasteiger partial charge in [-0.1, -0.05) is 0 Å². The molecular weight excluding hydrogens is 188 g/mol. The van der Waals surface area contributed by atoms with Crippen molar-refractivity contribution in [3.8, 4) is 0 Å². The van der Waals surface area contributed by atoms with Crippen molar-refractivity contribution >= 4 is 23.0 Å². The van der Waals surface area contributed by atoms with Gasteiger partial charge in [-0.05, 0) is 0 Å². The minimum atomic E-state index is -0.0976. The summed E-state index contributed by atoms with van der Waals surface area (Å²) in [4.78, 5) is 25.4. The molecule has 13 heavy (non-hydrogen) atoms. The van der Waals surface area contributed by atoms with Crippen LogP contribution in [-0.4, -0.2) is 16.7 Å². The van der Waals surface area contributed by atoms with Gasteiger partial charge in [0.05, 0.1) is 6.54 Å². The Morgan fingerprint density at radius 2 is 2.23 bits per heavy atom. The molecular formula is C8H10N2O2S. The molecule has 0 radical (unpaired) electrons. The van der Waals surface area contributed by atoms with Crippen LogP contribution in [0.2, 0.25) is 0 Å². The average Bonchev–Trinajstić information content (AvgIpc) is 2.48. The van der Waals surface area contributed by atoms with Crippen molar-refractivity contribution in [2.24, 2.45) is 0 Å². The number of ketones is 1. The summed E-state index contributed by atoms with van der Waals surface area (Å²) >= 11 is 1.37. The Hall–Kier alpha value is -1.23. The second-order valence-electron chi connectivity index (χ2n) is 2.59. The van der Waals surface area contributed by atoms with E-state index in [9.17, 15) is 9.59 Å². The van der Waals surface area contributed by atoms with Gasteiger partial charge in [0.25, 0.3) is 0 Å². The predicted molar refractivity (Wildman–Crippen MR) is 49.6 cm³/mol. The Labute approximate surface area is 80.0 Å². The van der Waals surface area contributed by atoms with E-state index in [1.165, 1.54) is 25.2 Å². The van der Waals surface area contributed by atoms with Crippen LogP contribution in [0, 0.1) is 0 Å². The lowest BCUT2D eigenvalue weighted by Crippen LogP contribution is -2.18. The van der Waals surface area contributed by atoms with E-state index in [4.69, 9.17) is 0 Å². The Morgan fingerprint density at radius 3 is 2.69 bits per heavy atom. The van der Waals surface area contributed by atoms with Crippen LogP contribution in [0.15, 0.2) is 5.38 Å². The van der Waals surface area contributed by atoms with E-state index in [-0.39, 0.29) is 11.7 Å². The van der Waals surface area contributed by atoms with Crippen molar-refractivity contribution in [1.82, 2.24) is 10.3 Å². The van der Waals surface area contributed by atoms with E-state index in [2.05, 4.69) is 10.3 Å². The molecule has 0 unspecified atom stereocenters. The Balaban J connectivity index is 2.59. The van der Waals surface area contributed by atoms with Crippen molar-refractivity contribution in [2.45, 2.75) is 20.4 Å². The summed E-state index contributed by atoms with van der Waals surface area (Å²) in [5.74, 6) is -0.148. The standard InChI is InChI=1S/C8H10N2O2S/c1-5(11)7-4-13-8(10-7)3-9-6(2)12/h4H,3H2,1-2H3,(H,9,12). The number of hydrogen-bond acceptors (Lipinski definition) is 4. The zero-order valence-electron chi connectivity index (χ0n) is 7.46. The number of nitrogens with one attached hydrogen (secondary N) is 1. The molecule has 0 saturated carbocycles. The molecule has 0 aliphatic heterocycles. The monoisotopic (exact) mass is 198 g/mol. The second-order valence-corrected chi connectivity index (χ2v) is 3.54. The number of carbonyl (C=O) groups is 2. The maximum Gasteiger partial charge on any atom is 0.217 e. The fourth-order valence-electron chi connectivity index (χ4n) is 0.754. The first-order chi connectivity index (χ1) is 6.09. The van der Waals surface area contributed by atoms with Crippen molar-refractivity contribution in [3.63, 3.8) is 0 Å². The predicted octanol–water partition coefficient (Wildman–Crippen LogP) is 0.982.